The zero-order valence-corrected chi connectivity index (χ0v) is 24.3. The third-order valence-corrected chi connectivity index (χ3v) is 9.74. The van der Waals surface area contributed by atoms with E-state index in [9.17, 15) is 19.5 Å². The van der Waals surface area contributed by atoms with E-state index in [1.54, 1.807) is 18.2 Å². The number of aromatic hydroxyl groups is 1. The largest absolute Gasteiger partial charge is 0.494 e. The van der Waals surface area contributed by atoms with Crippen LogP contribution in [0.25, 0.3) is 32.7 Å². The van der Waals surface area contributed by atoms with Crippen molar-refractivity contribution in [3.05, 3.63) is 54.6 Å². The fourth-order valence-electron chi connectivity index (χ4n) is 7.41. The molecule has 0 amide bonds. The van der Waals surface area contributed by atoms with Gasteiger partial charge in [-0.25, -0.2) is 0 Å². The molecule has 1 N–H and O–H groups in total. The molecule has 7 rings (SSSR count). The molecule has 5 aliphatic rings. The first-order valence-corrected chi connectivity index (χ1v) is 15.7. The molecule has 0 bridgehead atoms. The monoisotopic (exact) mass is 572 g/mol. The van der Waals surface area contributed by atoms with Crippen molar-refractivity contribution >= 4 is 21.5 Å². The van der Waals surface area contributed by atoms with E-state index in [4.69, 9.17) is 4.99 Å². The van der Waals surface area contributed by atoms with Crippen molar-refractivity contribution in [3.8, 4) is 17.0 Å². The Balaban J connectivity index is 1.41. The molecule has 10 nitrogen and oxygen atoms in total. The van der Waals surface area contributed by atoms with Crippen LogP contribution in [0.3, 0.4) is 0 Å². The van der Waals surface area contributed by atoms with Crippen LogP contribution in [0.5, 0.6) is 5.88 Å². The maximum Gasteiger partial charge on any atom is 0.263 e. The van der Waals surface area contributed by atoms with Crippen LogP contribution in [0.4, 0.5) is 0 Å². The number of benzene rings is 2. The summed E-state index contributed by atoms with van der Waals surface area (Å²) in [4.78, 5) is 53.7. The summed E-state index contributed by atoms with van der Waals surface area (Å²) in [7, 11) is 0. The van der Waals surface area contributed by atoms with Crippen LogP contribution in [-0.2, 0) is 13.1 Å². The molecule has 0 radical (unpaired) electrons. The molecule has 0 spiro atoms. The van der Waals surface area contributed by atoms with E-state index < -0.39 is 0 Å². The molecule has 222 valence electrons. The van der Waals surface area contributed by atoms with Gasteiger partial charge in [0, 0.05) is 54.4 Å². The second-order valence-electron chi connectivity index (χ2n) is 12.3. The highest BCUT2D eigenvalue weighted by Crippen LogP contribution is 2.36. The van der Waals surface area contributed by atoms with Crippen molar-refractivity contribution in [2.75, 3.05) is 65.4 Å². The highest BCUT2D eigenvalue weighted by Gasteiger charge is 2.27. The third-order valence-electron chi connectivity index (χ3n) is 9.74. The molecule has 42 heavy (non-hydrogen) atoms. The summed E-state index contributed by atoms with van der Waals surface area (Å²) < 4.78 is 2.80. The number of likely N-dealkylation sites (tertiary alicyclic amines) is 3. The lowest BCUT2D eigenvalue weighted by atomic mass is 9.90. The van der Waals surface area contributed by atoms with Gasteiger partial charge in [-0.1, -0.05) is 0 Å². The minimum Gasteiger partial charge on any atom is -0.494 e. The molecule has 1 aliphatic carbocycles. The predicted octanol–water partition coefficient (Wildman–Crippen LogP) is 1.55. The summed E-state index contributed by atoms with van der Waals surface area (Å²) in [5.74, 6) is -0.116. The van der Waals surface area contributed by atoms with Gasteiger partial charge < -0.3 is 19.8 Å². The predicted molar refractivity (Wildman–Crippen MR) is 164 cm³/mol. The van der Waals surface area contributed by atoms with Crippen LogP contribution in [-0.4, -0.2) is 94.4 Å². The molecule has 0 saturated carbocycles. The van der Waals surface area contributed by atoms with Crippen molar-refractivity contribution in [2.24, 2.45) is 4.99 Å². The molecule has 3 saturated heterocycles. The SMILES string of the molecule is O=c1c2c(=NCCN3CCCC3)cc3c(=O)n(CCN4CCCC4)c(=O)c4ccc(c(O)n1CCN1CCCC1)c2c4-3. The van der Waals surface area contributed by atoms with Crippen LogP contribution in [0.2, 0.25) is 0 Å². The first-order chi connectivity index (χ1) is 20.5. The Labute approximate surface area is 244 Å². The quantitative estimate of drug-likeness (QED) is 0.304. The van der Waals surface area contributed by atoms with Gasteiger partial charge in [-0.2, -0.15) is 0 Å². The van der Waals surface area contributed by atoms with Crippen molar-refractivity contribution < 1.29 is 5.11 Å². The van der Waals surface area contributed by atoms with Crippen molar-refractivity contribution in [2.45, 2.75) is 51.6 Å². The molecule has 2 aromatic rings. The molecule has 0 atom stereocenters. The zero-order valence-electron chi connectivity index (χ0n) is 24.3. The topological polar surface area (TPSA) is 103 Å². The Bertz CT molecular complexity index is 1790. The van der Waals surface area contributed by atoms with Crippen LogP contribution < -0.4 is 22.0 Å². The minimum atomic E-state index is -0.352. The number of pyridine rings is 2. The summed E-state index contributed by atoms with van der Waals surface area (Å²) in [6.07, 6.45) is 6.95. The average molecular weight is 573 g/mol. The summed E-state index contributed by atoms with van der Waals surface area (Å²) in [6, 6.07) is 5.17. The van der Waals surface area contributed by atoms with Crippen LogP contribution >= 0.6 is 0 Å². The van der Waals surface area contributed by atoms with Gasteiger partial charge in [0.05, 0.1) is 22.9 Å². The molecule has 4 aliphatic heterocycles. The van der Waals surface area contributed by atoms with E-state index in [1.807, 2.05) is 0 Å². The fourth-order valence-corrected chi connectivity index (χ4v) is 7.41. The molecule has 0 unspecified atom stereocenters. The van der Waals surface area contributed by atoms with Gasteiger partial charge in [-0.05, 0) is 96.0 Å². The van der Waals surface area contributed by atoms with E-state index >= 15 is 0 Å². The van der Waals surface area contributed by atoms with Gasteiger partial charge in [0.2, 0.25) is 5.88 Å². The maximum absolute atomic E-state index is 14.1. The van der Waals surface area contributed by atoms with Crippen LogP contribution in [0.15, 0.2) is 37.6 Å². The number of hydrogen-bond acceptors (Lipinski definition) is 8. The highest BCUT2D eigenvalue weighted by atomic mass is 16.3. The lowest BCUT2D eigenvalue weighted by Crippen LogP contribution is -2.39. The average Bonchev–Trinajstić information content (AvgIpc) is 3.79. The first kappa shape index (κ1) is 27.5. The van der Waals surface area contributed by atoms with Crippen molar-refractivity contribution in [1.82, 2.24) is 23.8 Å². The Morgan fingerprint density at radius 1 is 0.619 bits per heavy atom. The third kappa shape index (κ3) is 4.79. The van der Waals surface area contributed by atoms with Crippen molar-refractivity contribution in [3.63, 3.8) is 0 Å². The Morgan fingerprint density at radius 2 is 1.17 bits per heavy atom. The Hall–Kier alpha value is -3.34. The van der Waals surface area contributed by atoms with Gasteiger partial charge >= 0.3 is 0 Å². The first-order valence-electron chi connectivity index (χ1n) is 15.7. The van der Waals surface area contributed by atoms with E-state index in [-0.39, 0.29) is 22.6 Å². The lowest BCUT2D eigenvalue weighted by molar-refractivity contribution is 0.308. The Kier molecular flexibility index (Phi) is 7.46. The minimum absolute atomic E-state index is 0.116. The molecular weight excluding hydrogens is 532 g/mol. The zero-order chi connectivity index (χ0) is 28.8. The van der Waals surface area contributed by atoms with Crippen LogP contribution in [0.1, 0.15) is 38.5 Å². The lowest BCUT2D eigenvalue weighted by Gasteiger charge is -2.21. The standard InChI is InChI=1S/C32H40N6O4/c39-29-22-7-8-23-27-26(22)24(31(41)37(29)19-17-35-12-3-4-13-35)21-25(33-9-16-34-10-1-2-11-34)28(27)32(42)38(30(23)40)20-18-36-14-5-6-15-36/h7-8,21,40H,1-6,9-20H2. The second kappa shape index (κ2) is 11.4. The number of nitrogens with zero attached hydrogens (tertiary/aromatic N) is 6. The van der Waals surface area contributed by atoms with Gasteiger partial charge in [0.15, 0.2) is 0 Å². The molecule has 10 heteroatoms. The van der Waals surface area contributed by atoms with E-state index in [2.05, 4.69) is 14.7 Å². The fraction of sp³-hybridized carbons (Fsp3) is 0.562. The number of hydrogen-bond donors (Lipinski definition) is 1. The van der Waals surface area contributed by atoms with E-state index in [0.717, 1.165) is 71.5 Å². The second-order valence-corrected chi connectivity index (χ2v) is 12.3. The molecule has 1 aromatic heterocycles. The normalized spacial score (nSPS) is 19.6. The van der Waals surface area contributed by atoms with Gasteiger partial charge in [0.1, 0.15) is 0 Å². The summed E-state index contributed by atoms with van der Waals surface area (Å²) in [5, 5.41) is 13.6. The summed E-state index contributed by atoms with van der Waals surface area (Å²) in [6.45, 7) is 9.39. The van der Waals surface area contributed by atoms with Gasteiger partial charge in [0.25, 0.3) is 16.7 Å². The Morgan fingerprint density at radius 3 is 1.79 bits per heavy atom. The number of rotatable bonds is 9. The van der Waals surface area contributed by atoms with Gasteiger partial charge in [-0.15, -0.1) is 0 Å². The molecule has 5 heterocycles. The summed E-state index contributed by atoms with van der Waals surface area (Å²) in [5.41, 5.74) is -0.162. The maximum atomic E-state index is 14.1. The summed E-state index contributed by atoms with van der Waals surface area (Å²) >= 11 is 0. The number of aromatic nitrogens is 2. The smallest absolute Gasteiger partial charge is 0.263 e. The van der Waals surface area contributed by atoms with E-state index in [0.29, 0.717) is 70.8 Å². The van der Waals surface area contributed by atoms with Crippen molar-refractivity contribution in [1.29, 1.82) is 0 Å². The highest BCUT2D eigenvalue weighted by molar-refractivity contribution is 6.15. The molecular formula is C32H40N6O4. The van der Waals surface area contributed by atoms with Gasteiger partial charge in [-0.3, -0.25) is 28.5 Å². The molecule has 3 fully saturated rings. The van der Waals surface area contributed by atoms with E-state index in [1.165, 1.54) is 22.0 Å². The molecule has 1 aromatic carbocycles. The van der Waals surface area contributed by atoms with Crippen LogP contribution in [0, 0.1) is 0 Å².